The zero-order valence-electron chi connectivity index (χ0n) is 16.8. The van der Waals surface area contributed by atoms with Gasteiger partial charge in [0.15, 0.2) is 11.7 Å². The number of nitrogens with two attached hydrogens (primary N) is 1. The average Bonchev–Trinajstić information content (AvgIpc) is 3.18. The van der Waals surface area contributed by atoms with E-state index < -0.39 is 0 Å². The van der Waals surface area contributed by atoms with Gasteiger partial charge in [-0.3, -0.25) is 4.99 Å². The summed E-state index contributed by atoms with van der Waals surface area (Å²) < 4.78 is 0. The molecule has 150 valence electrons. The van der Waals surface area contributed by atoms with E-state index >= 15 is 0 Å². The Labute approximate surface area is 170 Å². The number of nitrogen functional groups attached to an aromatic ring is 1. The molecule has 0 radical (unpaired) electrons. The molecule has 1 aliphatic rings. The quantitative estimate of drug-likeness (QED) is 0.422. The summed E-state index contributed by atoms with van der Waals surface area (Å²) in [7, 11) is 1.69. The summed E-state index contributed by atoms with van der Waals surface area (Å²) in [6.07, 6.45) is 1.57. The second-order valence-corrected chi connectivity index (χ2v) is 6.43. The van der Waals surface area contributed by atoms with E-state index in [2.05, 4.69) is 67.5 Å². The summed E-state index contributed by atoms with van der Waals surface area (Å²) in [6.45, 7) is 8.91. The molecule has 9 heteroatoms. The fourth-order valence-corrected chi connectivity index (χ4v) is 2.94. The van der Waals surface area contributed by atoms with Crippen LogP contribution in [0.4, 0.5) is 11.8 Å². The van der Waals surface area contributed by atoms with Gasteiger partial charge in [0.1, 0.15) is 11.5 Å². The maximum Gasteiger partial charge on any atom is 0.222 e. The minimum atomic E-state index is 0.226. The van der Waals surface area contributed by atoms with E-state index in [0.29, 0.717) is 36.3 Å². The molecule has 1 aromatic carbocycles. The second kappa shape index (κ2) is 8.96. The number of aromatic nitrogens is 2. The molecule has 0 spiro atoms. The number of nitrogens with one attached hydrogen (secondary N) is 3. The summed E-state index contributed by atoms with van der Waals surface area (Å²) in [5, 5.41) is 9.41. The Morgan fingerprint density at radius 1 is 1.24 bits per heavy atom. The van der Waals surface area contributed by atoms with Crippen LogP contribution >= 0.6 is 0 Å². The van der Waals surface area contributed by atoms with Crippen LogP contribution in [0.3, 0.4) is 0 Å². The third kappa shape index (κ3) is 4.57. The van der Waals surface area contributed by atoms with Crippen LogP contribution in [-0.2, 0) is 0 Å². The van der Waals surface area contributed by atoms with Crippen LogP contribution in [0.25, 0.3) is 11.3 Å². The van der Waals surface area contributed by atoms with Crippen LogP contribution in [0.1, 0.15) is 11.1 Å². The third-order valence-corrected chi connectivity index (χ3v) is 4.57. The molecular weight excluding hydrogens is 366 g/mol. The zero-order chi connectivity index (χ0) is 20.8. The Morgan fingerprint density at radius 2 is 2.07 bits per heavy atom. The van der Waals surface area contributed by atoms with Gasteiger partial charge in [0.2, 0.25) is 5.95 Å². The number of rotatable bonds is 7. The topological polar surface area (TPSA) is 125 Å². The van der Waals surface area contributed by atoms with Crippen molar-refractivity contribution < 1.29 is 0 Å². The Hall–Kier alpha value is -3.75. The van der Waals surface area contributed by atoms with Gasteiger partial charge in [0.05, 0.1) is 12.0 Å². The molecule has 0 saturated heterocycles. The van der Waals surface area contributed by atoms with Gasteiger partial charge in [0, 0.05) is 31.8 Å². The van der Waals surface area contributed by atoms with E-state index in [1.807, 2.05) is 18.2 Å². The lowest BCUT2D eigenvalue weighted by atomic mass is 10.0. The monoisotopic (exact) mass is 391 g/mol. The van der Waals surface area contributed by atoms with Crippen molar-refractivity contribution in [2.75, 3.05) is 31.2 Å². The molecule has 1 aromatic heterocycles. The van der Waals surface area contributed by atoms with Gasteiger partial charge in [-0.05, 0) is 31.7 Å². The summed E-state index contributed by atoms with van der Waals surface area (Å²) >= 11 is 0. The number of benzene rings is 1. The molecule has 2 aromatic rings. The first-order valence-corrected chi connectivity index (χ1v) is 9.19. The summed E-state index contributed by atoms with van der Waals surface area (Å²) in [4.78, 5) is 21.0. The van der Waals surface area contributed by atoms with Crippen LogP contribution in [0.15, 0.2) is 50.8 Å². The first-order chi connectivity index (χ1) is 14.0. The normalized spacial score (nSPS) is 15.9. The van der Waals surface area contributed by atoms with Crippen LogP contribution in [0.5, 0.6) is 0 Å². The van der Waals surface area contributed by atoms with Crippen molar-refractivity contribution in [3.8, 4) is 11.3 Å². The lowest BCUT2D eigenvalue weighted by Crippen LogP contribution is -2.25. The minimum Gasteiger partial charge on any atom is -0.368 e. The van der Waals surface area contributed by atoms with Crippen molar-refractivity contribution in [2.24, 2.45) is 15.0 Å². The molecule has 0 aliphatic carbocycles. The van der Waals surface area contributed by atoms with E-state index in [9.17, 15) is 0 Å². The Morgan fingerprint density at radius 3 is 2.83 bits per heavy atom. The van der Waals surface area contributed by atoms with E-state index in [4.69, 9.17) is 5.73 Å². The molecule has 0 amide bonds. The Balaban J connectivity index is 1.68. The summed E-state index contributed by atoms with van der Waals surface area (Å²) in [5.74, 6) is 2.10. The van der Waals surface area contributed by atoms with Crippen molar-refractivity contribution in [2.45, 2.75) is 13.8 Å². The van der Waals surface area contributed by atoms with Crippen molar-refractivity contribution in [1.29, 1.82) is 0 Å². The van der Waals surface area contributed by atoms with E-state index in [1.54, 1.807) is 13.4 Å². The summed E-state index contributed by atoms with van der Waals surface area (Å²) in [5.41, 5.74) is 10.8. The fraction of sp³-hybridized carbons (Fsp3) is 0.250. The number of amidine groups is 1. The standard InChI is InChI=1S/C20H25N9/c1-12-6-5-7-14(13(12)2)15-10-16(29-20(21)28-15)24-8-9-25-18(22-3)17-19(23-4)27-11-26-17/h5-7,10-11,25H,3,8-9H2,1-2,4H3,(H,23,26,27)(H3,21,24,28,29)/b18-17-. The number of aryl methyl sites for hydroxylation is 1. The number of aliphatic imine (C=N–C) groups is 3. The highest BCUT2D eigenvalue weighted by molar-refractivity contribution is 6.09. The molecule has 2 heterocycles. The molecule has 5 N–H and O–H groups in total. The van der Waals surface area contributed by atoms with Gasteiger partial charge in [-0.15, -0.1) is 0 Å². The largest absolute Gasteiger partial charge is 0.368 e. The molecule has 3 rings (SSSR count). The fourth-order valence-electron chi connectivity index (χ4n) is 2.94. The molecular formula is C20H25N9. The van der Waals surface area contributed by atoms with Gasteiger partial charge in [-0.2, -0.15) is 4.98 Å². The molecule has 0 bridgehead atoms. The molecule has 29 heavy (non-hydrogen) atoms. The molecule has 0 fully saturated rings. The average molecular weight is 391 g/mol. The first-order valence-electron chi connectivity index (χ1n) is 9.19. The predicted molar refractivity (Wildman–Crippen MR) is 119 cm³/mol. The third-order valence-electron chi connectivity index (χ3n) is 4.57. The second-order valence-electron chi connectivity index (χ2n) is 6.43. The van der Waals surface area contributed by atoms with Crippen LogP contribution in [-0.4, -0.2) is 49.0 Å². The van der Waals surface area contributed by atoms with Gasteiger partial charge in [0.25, 0.3) is 0 Å². The molecule has 0 atom stereocenters. The lowest BCUT2D eigenvalue weighted by molar-refractivity contribution is 0.799. The van der Waals surface area contributed by atoms with Crippen molar-refractivity contribution in [3.63, 3.8) is 0 Å². The highest BCUT2D eigenvalue weighted by Gasteiger charge is 2.15. The minimum absolute atomic E-state index is 0.226. The molecule has 0 unspecified atom stereocenters. The highest BCUT2D eigenvalue weighted by atomic mass is 15.2. The summed E-state index contributed by atoms with van der Waals surface area (Å²) in [6, 6.07) is 8.02. The molecule has 9 nitrogen and oxygen atoms in total. The maximum absolute atomic E-state index is 5.93. The van der Waals surface area contributed by atoms with E-state index in [1.165, 1.54) is 11.1 Å². The first kappa shape index (κ1) is 20.0. The predicted octanol–water partition coefficient (Wildman–Crippen LogP) is 1.87. The number of nitrogens with zero attached hydrogens (tertiary/aromatic N) is 5. The van der Waals surface area contributed by atoms with Gasteiger partial charge in [-0.1, -0.05) is 18.2 Å². The molecule has 1 aliphatic heterocycles. The number of hydrogen-bond acceptors (Lipinski definition) is 8. The lowest BCUT2D eigenvalue weighted by Gasteiger charge is -2.12. The number of anilines is 2. The van der Waals surface area contributed by atoms with E-state index in [0.717, 1.165) is 11.3 Å². The van der Waals surface area contributed by atoms with Crippen LogP contribution in [0.2, 0.25) is 0 Å². The Kier molecular flexibility index (Phi) is 6.18. The number of hydrogen-bond donors (Lipinski definition) is 4. The molecule has 0 saturated carbocycles. The van der Waals surface area contributed by atoms with Crippen molar-refractivity contribution in [3.05, 3.63) is 46.9 Å². The Bertz CT molecular complexity index is 1010. The SMILES string of the molecule is C=N/C(NCCNc1cc(-c2cccc(C)c2C)nc(N)n1)=C1/N=CN/C1=N/C. The van der Waals surface area contributed by atoms with Crippen molar-refractivity contribution in [1.82, 2.24) is 20.6 Å². The highest BCUT2D eigenvalue weighted by Crippen LogP contribution is 2.25. The zero-order valence-corrected chi connectivity index (χ0v) is 16.8. The smallest absolute Gasteiger partial charge is 0.222 e. The van der Waals surface area contributed by atoms with Gasteiger partial charge in [-0.25, -0.2) is 15.0 Å². The maximum atomic E-state index is 5.93. The van der Waals surface area contributed by atoms with Gasteiger partial charge >= 0.3 is 0 Å². The van der Waals surface area contributed by atoms with E-state index in [-0.39, 0.29) is 5.95 Å². The van der Waals surface area contributed by atoms with Crippen LogP contribution < -0.4 is 21.7 Å². The van der Waals surface area contributed by atoms with Crippen molar-refractivity contribution >= 4 is 30.7 Å². The van der Waals surface area contributed by atoms with Crippen LogP contribution in [0, 0.1) is 13.8 Å². The van der Waals surface area contributed by atoms with Gasteiger partial charge < -0.3 is 21.7 Å².